The Labute approximate surface area is 114 Å². The number of rotatable bonds is 3. The maximum absolute atomic E-state index is 13.5. The maximum Gasteiger partial charge on any atom is 0.129 e. The molecule has 3 nitrogen and oxygen atoms in total. The lowest BCUT2D eigenvalue weighted by Crippen LogP contribution is -2.16. The molecule has 1 atom stereocenters. The number of nitrogens with two attached hydrogens (primary N) is 2. The van der Waals surface area contributed by atoms with Crippen molar-refractivity contribution in [1.82, 2.24) is 4.98 Å². The summed E-state index contributed by atoms with van der Waals surface area (Å²) in [5.74, 6) is -1.01. The van der Waals surface area contributed by atoms with Gasteiger partial charge in [0, 0.05) is 23.9 Å². The first-order valence-corrected chi connectivity index (χ1v) is 5.95. The van der Waals surface area contributed by atoms with Crippen molar-refractivity contribution in [1.29, 1.82) is 0 Å². The van der Waals surface area contributed by atoms with Crippen molar-refractivity contribution in [2.45, 2.75) is 12.5 Å². The van der Waals surface area contributed by atoms with Gasteiger partial charge < -0.3 is 11.5 Å². The van der Waals surface area contributed by atoms with E-state index in [1.807, 2.05) is 0 Å². The van der Waals surface area contributed by atoms with Crippen LogP contribution in [0.2, 0.25) is 5.02 Å². The van der Waals surface area contributed by atoms with Gasteiger partial charge in [0.15, 0.2) is 0 Å². The van der Waals surface area contributed by atoms with Gasteiger partial charge in [0.25, 0.3) is 0 Å². The summed E-state index contributed by atoms with van der Waals surface area (Å²) in [4.78, 5) is 3.89. The number of pyridine rings is 1. The third-order valence-corrected chi connectivity index (χ3v) is 2.98. The van der Waals surface area contributed by atoms with E-state index in [0.29, 0.717) is 16.1 Å². The molecule has 0 saturated carbocycles. The molecule has 100 valence electrons. The maximum atomic E-state index is 13.5. The molecule has 0 bridgehead atoms. The van der Waals surface area contributed by atoms with Crippen molar-refractivity contribution in [2.24, 2.45) is 5.73 Å². The molecule has 4 N–H and O–H groups in total. The van der Waals surface area contributed by atoms with Crippen LogP contribution in [0.25, 0.3) is 0 Å². The molecule has 0 fully saturated rings. The molecular formula is C13H12ClF2N3. The highest BCUT2D eigenvalue weighted by Crippen LogP contribution is 2.24. The van der Waals surface area contributed by atoms with E-state index in [9.17, 15) is 8.78 Å². The molecule has 0 aliphatic rings. The molecule has 0 radical (unpaired) electrons. The fraction of sp³-hybridized carbons (Fsp3) is 0.154. The Kier molecular flexibility index (Phi) is 3.97. The van der Waals surface area contributed by atoms with Crippen molar-refractivity contribution >= 4 is 17.4 Å². The van der Waals surface area contributed by atoms with Gasteiger partial charge in [0.05, 0.1) is 5.02 Å². The monoisotopic (exact) mass is 283 g/mol. The largest absolute Gasteiger partial charge is 0.383 e. The van der Waals surface area contributed by atoms with E-state index in [1.165, 1.54) is 18.3 Å². The first-order chi connectivity index (χ1) is 8.97. The average molecular weight is 284 g/mol. The minimum absolute atomic E-state index is 0.179. The van der Waals surface area contributed by atoms with Crippen LogP contribution in [0, 0.1) is 11.6 Å². The summed E-state index contributed by atoms with van der Waals surface area (Å²) < 4.78 is 26.3. The summed E-state index contributed by atoms with van der Waals surface area (Å²) in [5.41, 5.74) is 12.5. The number of nitrogen functional groups attached to an aromatic ring is 1. The highest BCUT2D eigenvalue weighted by molar-refractivity contribution is 6.30. The summed E-state index contributed by atoms with van der Waals surface area (Å²) in [5, 5.41) is 0.402. The Bertz CT molecular complexity index is 604. The quantitative estimate of drug-likeness (QED) is 0.910. The highest BCUT2D eigenvalue weighted by Gasteiger charge is 2.14. The Balaban J connectivity index is 2.25. The number of anilines is 1. The minimum Gasteiger partial charge on any atom is -0.383 e. The smallest absolute Gasteiger partial charge is 0.129 e. The fourth-order valence-corrected chi connectivity index (χ4v) is 1.96. The third-order valence-electron chi connectivity index (χ3n) is 2.77. The molecule has 1 heterocycles. The highest BCUT2D eigenvalue weighted by atomic mass is 35.5. The summed E-state index contributed by atoms with van der Waals surface area (Å²) in [6, 6.07) is 4.40. The van der Waals surface area contributed by atoms with Crippen LogP contribution in [0.5, 0.6) is 0 Å². The fourth-order valence-electron chi connectivity index (χ4n) is 1.80. The van der Waals surface area contributed by atoms with Crippen molar-refractivity contribution in [3.8, 4) is 0 Å². The van der Waals surface area contributed by atoms with Gasteiger partial charge in [-0.2, -0.15) is 0 Å². The van der Waals surface area contributed by atoms with Crippen LogP contribution in [0.15, 0.2) is 30.5 Å². The van der Waals surface area contributed by atoms with Gasteiger partial charge in [0.2, 0.25) is 0 Å². The lowest BCUT2D eigenvalue weighted by atomic mass is 10.00. The molecule has 0 spiro atoms. The zero-order chi connectivity index (χ0) is 14.0. The molecule has 0 amide bonds. The van der Waals surface area contributed by atoms with E-state index < -0.39 is 17.7 Å². The first kappa shape index (κ1) is 13.7. The van der Waals surface area contributed by atoms with Gasteiger partial charge in [-0.05, 0) is 24.1 Å². The molecule has 1 aromatic carbocycles. The Morgan fingerprint density at radius 2 is 2.00 bits per heavy atom. The summed E-state index contributed by atoms with van der Waals surface area (Å²) in [6.07, 6.45) is 1.59. The first-order valence-electron chi connectivity index (χ1n) is 5.58. The number of halogens is 3. The van der Waals surface area contributed by atoms with Crippen molar-refractivity contribution in [2.75, 3.05) is 5.73 Å². The van der Waals surface area contributed by atoms with Gasteiger partial charge in [-0.15, -0.1) is 0 Å². The lowest BCUT2D eigenvalue weighted by Gasteiger charge is -2.14. The number of hydrogen-bond acceptors (Lipinski definition) is 3. The number of nitrogens with zero attached hydrogens (tertiary/aromatic N) is 1. The summed E-state index contributed by atoms with van der Waals surface area (Å²) in [7, 11) is 0. The predicted molar refractivity (Wildman–Crippen MR) is 70.6 cm³/mol. The molecule has 0 aliphatic heterocycles. The van der Waals surface area contributed by atoms with Gasteiger partial charge in [0.1, 0.15) is 17.5 Å². The van der Waals surface area contributed by atoms with Crippen LogP contribution in [0.1, 0.15) is 17.2 Å². The van der Waals surface area contributed by atoms with Gasteiger partial charge in [-0.3, -0.25) is 0 Å². The zero-order valence-electron chi connectivity index (χ0n) is 9.91. The van der Waals surface area contributed by atoms with Gasteiger partial charge >= 0.3 is 0 Å². The van der Waals surface area contributed by atoms with E-state index in [2.05, 4.69) is 4.98 Å². The normalized spacial score (nSPS) is 12.4. The number of benzene rings is 1. The van der Waals surface area contributed by atoms with Crippen molar-refractivity contribution in [3.63, 3.8) is 0 Å². The summed E-state index contributed by atoms with van der Waals surface area (Å²) >= 11 is 5.82. The molecule has 1 unspecified atom stereocenters. The second-order valence-corrected chi connectivity index (χ2v) is 4.61. The molecular weight excluding hydrogens is 272 g/mol. The summed E-state index contributed by atoms with van der Waals surface area (Å²) in [6.45, 7) is 0. The van der Waals surface area contributed by atoms with Crippen LogP contribution in [0.4, 0.5) is 14.6 Å². The third kappa shape index (κ3) is 3.19. The Hall–Kier alpha value is -1.72. The van der Waals surface area contributed by atoms with E-state index in [-0.39, 0.29) is 12.2 Å². The van der Waals surface area contributed by atoms with E-state index in [1.54, 1.807) is 6.07 Å². The molecule has 0 aliphatic carbocycles. The Morgan fingerprint density at radius 3 is 2.68 bits per heavy atom. The standard InChI is InChI=1S/C13H12ClF2N3/c14-8-4-10(13(18)19-6-8)12(17)3-7-1-2-9(15)5-11(7)16/h1-2,4-6,12H,3,17H2,(H2,18,19). The van der Waals surface area contributed by atoms with E-state index in [0.717, 1.165) is 6.07 Å². The predicted octanol–water partition coefficient (Wildman–Crippen LogP) is 2.84. The molecule has 2 aromatic rings. The van der Waals surface area contributed by atoms with Crippen LogP contribution in [-0.4, -0.2) is 4.98 Å². The van der Waals surface area contributed by atoms with Crippen molar-refractivity contribution < 1.29 is 8.78 Å². The second-order valence-electron chi connectivity index (χ2n) is 4.17. The van der Waals surface area contributed by atoms with Crippen LogP contribution < -0.4 is 11.5 Å². The van der Waals surface area contributed by atoms with Crippen LogP contribution in [-0.2, 0) is 6.42 Å². The molecule has 2 rings (SSSR count). The minimum atomic E-state index is -0.635. The van der Waals surface area contributed by atoms with Crippen LogP contribution >= 0.6 is 11.6 Å². The SMILES string of the molecule is Nc1ncc(Cl)cc1C(N)Cc1ccc(F)cc1F. The zero-order valence-corrected chi connectivity index (χ0v) is 10.7. The molecule has 1 aromatic heterocycles. The Morgan fingerprint density at radius 1 is 1.26 bits per heavy atom. The van der Waals surface area contributed by atoms with Crippen molar-refractivity contribution in [3.05, 3.63) is 58.2 Å². The number of hydrogen-bond donors (Lipinski definition) is 2. The van der Waals surface area contributed by atoms with Gasteiger partial charge in [-0.1, -0.05) is 17.7 Å². The molecule has 0 saturated heterocycles. The number of aromatic nitrogens is 1. The lowest BCUT2D eigenvalue weighted by molar-refractivity contribution is 0.563. The van der Waals surface area contributed by atoms with Crippen LogP contribution in [0.3, 0.4) is 0 Å². The molecule has 6 heteroatoms. The van der Waals surface area contributed by atoms with Gasteiger partial charge in [-0.25, -0.2) is 13.8 Å². The van der Waals surface area contributed by atoms with E-state index >= 15 is 0 Å². The topological polar surface area (TPSA) is 64.9 Å². The second kappa shape index (κ2) is 5.50. The van der Waals surface area contributed by atoms with E-state index in [4.69, 9.17) is 23.1 Å². The average Bonchev–Trinajstić information content (AvgIpc) is 2.35. The molecule has 19 heavy (non-hydrogen) atoms.